The lowest BCUT2D eigenvalue weighted by Gasteiger charge is -2.08. The molecule has 1 atom stereocenters. The van der Waals surface area contributed by atoms with Gasteiger partial charge in [-0.3, -0.25) is 9.09 Å². The van der Waals surface area contributed by atoms with Gasteiger partial charge in [0.05, 0.1) is 6.16 Å². The van der Waals surface area contributed by atoms with Crippen LogP contribution in [0.1, 0.15) is 6.42 Å². The van der Waals surface area contributed by atoms with Crippen LogP contribution in [0, 0.1) is 0 Å². The van der Waals surface area contributed by atoms with Crippen molar-refractivity contribution in [3.05, 3.63) is 5.57 Å². The van der Waals surface area contributed by atoms with Gasteiger partial charge in [-0.05, 0) is 0 Å². The molecule has 0 aromatic heterocycles. The third-order valence-electron chi connectivity index (χ3n) is 1.29. The minimum absolute atomic E-state index is 0. The number of aliphatic carboxylic acids is 1. The first-order valence-corrected chi connectivity index (χ1v) is 5.23. The van der Waals surface area contributed by atoms with Gasteiger partial charge in [0.1, 0.15) is 11.5 Å². The van der Waals surface area contributed by atoms with E-state index < -0.39 is 38.5 Å². The van der Waals surface area contributed by atoms with Gasteiger partial charge in [-0.15, -0.1) is 0 Å². The normalized spacial score (nSPS) is 13.2. The number of aliphatic hydroxyl groups is 1. The zero-order valence-corrected chi connectivity index (χ0v) is 8.64. The van der Waals surface area contributed by atoms with E-state index in [1.807, 2.05) is 0 Å². The molecule has 0 rings (SSSR count). The molecule has 1 unspecified atom stereocenters. The van der Waals surface area contributed by atoms with Crippen molar-refractivity contribution in [1.29, 1.82) is 0 Å². The SMILES string of the molecule is N.O=C=C(CCP(=O)(O)OCO)C(=O)O. The second-order valence-electron chi connectivity index (χ2n) is 2.26. The van der Waals surface area contributed by atoms with Gasteiger partial charge in [-0.1, -0.05) is 0 Å². The summed E-state index contributed by atoms with van der Waals surface area (Å²) in [6, 6.07) is 0. The summed E-state index contributed by atoms with van der Waals surface area (Å²) in [6.45, 7) is -0.943. The Kier molecular flexibility index (Phi) is 8.00. The highest BCUT2D eigenvalue weighted by Crippen LogP contribution is 2.42. The van der Waals surface area contributed by atoms with E-state index in [1.165, 1.54) is 0 Å². The maximum Gasteiger partial charge on any atom is 0.342 e. The Labute approximate surface area is 85.3 Å². The van der Waals surface area contributed by atoms with Crippen molar-refractivity contribution >= 4 is 19.5 Å². The second-order valence-corrected chi connectivity index (χ2v) is 4.24. The van der Waals surface area contributed by atoms with Crippen LogP contribution in [0.2, 0.25) is 0 Å². The van der Waals surface area contributed by atoms with Crippen molar-refractivity contribution in [1.82, 2.24) is 6.15 Å². The van der Waals surface area contributed by atoms with Gasteiger partial charge in [0.25, 0.3) is 0 Å². The molecule has 0 aromatic rings. The quantitative estimate of drug-likeness (QED) is 0.210. The molecule has 9 heteroatoms. The molecule has 0 saturated carbocycles. The summed E-state index contributed by atoms with van der Waals surface area (Å²) in [5.74, 6) is -0.363. The third kappa shape index (κ3) is 6.98. The molecule has 0 aromatic carbocycles. The first-order valence-electron chi connectivity index (χ1n) is 3.47. The molecule has 0 radical (unpaired) electrons. The third-order valence-corrected chi connectivity index (χ3v) is 2.59. The lowest BCUT2D eigenvalue weighted by atomic mass is 10.2. The Hall–Kier alpha value is -1.01. The Morgan fingerprint density at radius 2 is 2.00 bits per heavy atom. The zero-order chi connectivity index (χ0) is 11.2. The van der Waals surface area contributed by atoms with Crippen LogP contribution < -0.4 is 6.15 Å². The van der Waals surface area contributed by atoms with Gasteiger partial charge in [-0.2, -0.15) is 0 Å². The van der Waals surface area contributed by atoms with Gasteiger partial charge < -0.3 is 21.3 Å². The van der Waals surface area contributed by atoms with Crippen LogP contribution in [-0.2, 0) is 18.7 Å². The average Bonchev–Trinajstić information content (AvgIpc) is 2.04. The van der Waals surface area contributed by atoms with Crippen molar-refractivity contribution in [2.24, 2.45) is 0 Å². The number of rotatable bonds is 6. The lowest BCUT2D eigenvalue weighted by molar-refractivity contribution is -0.132. The smallest absolute Gasteiger partial charge is 0.342 e. The maximum atomic E-state index is 10.9. The second kappa shape index (κ2) is 7.30. The average molecular weight is 241 g/mol. The van der Waals surface area contributed by atoms with Crippen LogP contribution in [0.3, 0.4) is 0 Å². The largest absolute Gasteiger partial charge is 0.477 e. The Morgan fingerprint density at radius 1 is 1.47 bits per heavy atom. The Balaban J connectivity index is 0. The van der Waals surface area contributed by atoms with Crippen LogP contribution in [0.4, 0.5) is 0 Å². The number of carbonyl (C=O) groups is 1. The summed E-state index contributed by atoms with van der Waals surface area (Å²) >= 11 is 0. The van der Waals surface area contributed by atoms with E-state index in [0.717, 1.165) is 5.94 Å². The zero-order valence-electron chi connectivity index (χ0n) is 7.75. The van der Waals surface area contributed by atoms with E-state index in [9.17, 15) is 14.2 Å². The fourth-order valence-corrected chi connectivity index (χ4v) is 1.43. The molecule has 15 heavy (non-hydrogen) atoms. The van der Waals surface area contributed by atoms with Gasteiger partial charge in [0, 0.05) is 6.42 Å². The van der Waals surface area contributed by atoms with Crippen molar-refractivity contribution < 1.29 is 33.8 Å². The fourth-order valence-electron chi connectivity index (χ4n) is 0.609. The summed E-state index contributed by atoms with van der Waals surface area (Å²) in [7, 11) is -4.01. The Morgan fingerprint density at radius 3 is 2.33 bits per heavy atom. The van der Waals surface area contributed by atoms with E-state index in [4.69, 9.17) is 15.1 Å². The molecule has 6 N–H and O–H groups in total. The molecule has 0 aliphatic heterocycles. The number of hydrogen-bond donors (Lipinski definition) is 4. The predicted octanol–water partition coefficient (Wildman–Crippen LogP) is -0.467. The number of carbonyl (C=O) groups excluding carboxylic acids is 1. The van der Waals surface area contributed by atoms with Gasteiger partial charge in [0.15, 0.2) is 6.79 Å². The molecule has 0 fully saturated rings. The van der Waals surface area contributed by atoms with E-state index in [2.05, 4.69) is 4.52 Å². The highest BCUT2D eigenvalue weighted by molar-refractivity contribution is 7.52. The highest BCUT2D eigenvalue weighted by atomic mass is 31.2. The number of aliphatic hydroxyl groups excluding tert-OH is 1. The van der Waals surface area contributed by atoms with E-state index >= 15 is 0 Å². The van der Waals surface area contributed by atoms with Crippen molar-refractivity contribution in [3.8, 4) is 0 Å². The number of carboxylic acids is 1. The number of carboxylic acid groups (broad SMARTS) is 1. The highest BCUT2D eigenvalue weighted by Gasteiger charge is 2.21. The van der Waals surface area contributed by atoms with Gasteiger partial charge in [0.2, 0.25) is 0 Å². The van der Waals surface area contributed by atoms with Crippen LogP contribution in [0.15, 0.2) is 5.57 Å². The minimum atomic E-state index is -4.01. The standard InChI is InChI=1S/C6H9O7P.H3N/c7-3-5(6(9)10)1-2-14(11,12)13-4-8;/h8H,1-2,4H2,(H,9,10)(H,11,12);1H3. The first-order chi connectivity index (χ1) is 6.43. The van der Waals surface area contributed by atoms with E-state index in [-0.39, 0.29) is 6.15 Å². The summed E-state index contributed by atoms with van der Waals surface area (Å²) in [5, 5.41) is 16.5. The lowest BCUT2D eigenvalue weighted by Crippen LogP contribution is -2.05. The van der Waals surface area contributed by atoms with Crippen LogP contribution in [0.5, 0.6) is 0 Å². The molecule has 0 saturated heterocycles. The molecular formula is C6H12NO7P. The van der Waals surface area contributed by atoms with Crippen molar-refractivity contribution in [2.75, 3.05) is 13.0 Å². The van der Waals surface area contributed by atoms with Crippen molar-refractivity contribution in [3.63, 3.8) is 0 Å². The monoisotopic (exact) mass is 241 g/mol. The summed E-state index contributed by atoms with van der Waals surface area (Å²) < 4.78 is 14.9. The predicted molar refractivity (Wildman–Crippen MR) is 49.3 cm³/mol. The minimum Gasteiger partial charge on any atom is -0.477 e. The fraction of sp³-hybridized carbons (Fsp3) is 0.500. The molecule has 0 heterocycles. The van der Waals surface area contributed by atoms with Crippen LogP contribution in [-0.4, -0.2) is 40.0 Å². The van der Waals surface area contributed by atoms with Crippen molar-refractivity contribution in [2.45, 2.75) is 6.42 Å². The summed E-state index contributed by atoms with van der Waals surface area (Å²) in [4.78, 5) is 29.1. The molecule has 0 aliphatic rings. The van der Waals surface area contributed by atoms with E-state index in [1.54, 1.807) is 0 Å². The summed E-state index contributed by atoms with van der Waals surface area (Å²) in [6.07, 6.45) is -0.989. The molecular weight excluding hydrogens is 229 g/mol. The summed E-state index contributed by atoms with van der Waals surface area (Å²) in [5.41, 5.74) is -0.638. The molecule has 0 aliphatic carbocycles. The van der Waals surface area contributed by atoms with E-state index in [0.29, 0.717) is 0 Å². The van der Waals surface area contributed by atoms with Crippen LogP contribution >= 0.6 is 7.60 Å². The topological polar surface area (TPSA) is 156 Å². The molecule has 0 spiro atoms. The van der Waals surface area contributed by atoms with Gasteiger partial charge >= 0.3 is 13.6 Å². The number of hydrogen-bond acceptors (Lipinski definition) is 6. The molecule has 0 amide bonds. The van der Waals surface area contributed by atoms with Gasteiger partial charge in [-0.25, -0.2) is 9.59 Å². The molecule has 8 nitrogen and oxygen atoms in total. The van der Waals surface area contributed by atoms with Crippen LogP contribution in [0.25, 0.3) is 0 Å². The maximum absolute atomic E-state index is 10.9. The molecule has 0 bridgehead atoms. The molecule has 88 valence electrons. The first kappa shape index (κ1) is 16.4. The Bertz CT molecular complexity index is 309.